The zero-order chi connectivity index (χ0) is 19.5. The van der Waals surface area contributed by atoms with Crippen LogP contribution in [-0.2, 0) is 10.8 Å². The van der Waals surface area contributed by atoms with Gasteiger partial charge >= 0.3 is 6.03 Å². The van der Waals surface area contributed by atoms with E-state index in [9.17, 15) is 9.00 Å². The summed E-state index contributed by atoms with van der Waals surface area (Å²) in [6.45, 7) is 12.6. The SMILES string of the molecule is CCN(CC)CCNC(=O)N(CCOc1ccc(S(C)=O)cc1)C(C)C. The summed E-state index contributed by atoms with van der Waals surface area (Å²) in [6, 6.07) is 7.24. The molecule has 0 saturated heterocycles. The van der Waals surface area contributed by atoms with E-state index < -0.39 is 10.8 Å². The highest BCUT2D eigenvalue weighted by Gasteiger charge is 2.16. The lowest BCUT2D eigenvalue weighted by atomic mass is 10.3. The predicted octanol–water partition coefficient (Wildman–Crippen LogP) is 2.56. The number of hydrogen-bond acceptors (Lipinski definition) is 4. The van der Waals surface area contributed by atoms with Gasteiger partial charge < -0.3 is 19.9 Å². The van der Waals surface area contributed by atoms with Gasteiger partial charge in [-0.3, -0.25) is 4.21 Å². The fourth-order valence-corrected chi connectivity index (χ4v) is 3.07. The molecule has 0 aliphatic heterocycles. The number of amides is 2. The molecular formula is C19H33N3O3S. The molecule has 0 saturated carbocycles. The molecule has 0 radical (unpaired) electrons. The summed E-state index contributed by atoms with van der Waals surface area (Å²) in [7, 11) is -0.991. The maximum Gasteiger partial charge on any atom is 0.317 e. The molecule has 0 fully saturated rings. The molecule has 0 bridgehead atoms. The van der Waals surface area contributed by atoms with Crippen molar-refractivity contribution in [1.82, 2.24) is 15.1 Å². The van der Waals surface area contributed by atoms with Gasteiger partial charge in [-0.25, -0.2) is 4.79 Å². The first-order valence-electron chi connectivity index (χ1n) is 9.22. The number of nitrogens with one attached hydrogen (secondary N) is 1. The Labute approximate surface area is 160 Å². The van der Waals surface area contributed by atoms with E-state index in [-0.39, 0.29) is 12.1 Å². The normalized spacial score (nSPS) is 12.3. The average Bonchev–Trinajstić information content (AvgIpc) is 2.62. The minimum atomic E-state index is -0.991. The number of likely N-dealkylation sites (N-methyl/N-ethyl adjacent to an activating group) is 1. The number of rotatable bonds is 11. The molecule has 26 heavy (non-hydrogen) atoms. The number of benzene rings is 1. The second-order valence-corrected chi connectivity index (χ2v) is 7.70. The minimum absolute atomic E-state index is 0.0625. The number of carbonyl (C=O) groups is 1. The van der Waals surface area contributed by atoms with E-state index >= 15 is 0 Å². The third-order valence-corrected chi connectivity index (χ3v) is 5.18. The molecule has 1 rings (SSSR count). The smallest absolute Gasteiger partial charge is 0.317 e. The Morgan fingerprint density at radius 1 is 1.15 bits per heavy atom. The van der Waals surface area contributed by atoms with Crippen molar-refractivity contribution in [2.75, 3.05) is 45.6 Å². The zero-order valence-electron chi connectivity index (χ0n) is 16.7. The van der Waals surface area contributed by atoms with Gasteiger partial charge in [0.05, 0.1) is 6.54 Å². The monoisotopic (exact) mass is 383 g/mol. The van der Waals surface area contributed by atoms with Crippen LogP contribution in [-0.4, -0.2) is 71.7 Å². The molecule has 1 aromatic carbocycles. The fourth-order valence-electron chi connectivity index (χ4n) is 2.55. The molecule has 2 amide bonds. The van der Waals surface area contributed by atoms with Crippen LogP contribution in [0.5, 0.6) is 5.75 Å². The van der Waals surface area contributed by atoms with Crippen molar-refractivity contribution < 1.29 is 13.7 Å². The van der Waals surface area contributed by atoms with E-state index in [2.05, 4.69) is 24.1 Å². The number of carbonyl (C=O) groups excluding carboxylic acids is 1. The van der Waals surface area contributed by atoms with Crippen molar-refractivity contribution in [2.45, 2.75) is 38.6 Å². The Bertz CT molecular complexity index is 560. The first kappa shape index (κ1) is 22.4. The molecule has 0 heterocycles. The van der Waals surface area contributed by atoms with E-state index in [0.717, 1.165) is 24.5 Å². The summed E-state index contributed by atoms with van der Waals surface area (Å²) in [5, 5.41) is 2.99. The van der Waals surface area contributed by atoms with Crippen molar-refractivity contribution >= 4 is 16.8 Å². The number of urea groups is 1. The first-order chi connectivity index (χ1) is 12.4. The number of nitrogens with zero attached hydrogens (tertiary/aromatic N) is 2. The zero-order valence-corrected chi connectivity index (χ0v) is 17.5. The Hall–Kier alpha value is -1.60. The lowest BCUT2D eigenvalue weighted by Gasteiger charge is -2.27. The summed E-state index contributed by atoms with van der Waals surface area (Å²) < 4.78 is 17.1. The van der Waals surface area contributed by atoms with Crippen molar-refractivity contribution in [3.8, 4) is 5.75 Å². The van der Waals surface area contributed by atoms with E-state index in [0.29, 0.717) is 25.4 Å². The van der Waals surface area contributed by atoms with Gasteiger partial charge in [0, 0.05) is 41.1 Å². The molecule has 0 aromatic heterocycles. The summed E-state index contributed by atoms with van der Waals surface area (Å²) >= 11 is 0. The lowest BCUT2D eigenvalue weighted by Crippen LogP contribution is -2.47. The summed E-state index contributed by atoms with van der Waals surface area (Å²) in [5.41, 5.74) is 0. The molecule has 1 unspecified atom stereocenters. The van der Waals surface area contributed by atoms with Gasteiger partial charge in [-0.15, -0.1) is 0 Å². The highest BCUT2D eigenvalue weighted by atomic mass is 32.2. The highest BCUT2D eigenvalue weighted by Crippen LogP contribution is 2.14. The van der Waals surface area contributed by atoms with Crippen LogP contribution in [0.2, 0.25) is 0 Å². The summed E-state index contributed by atoms with van der Waals surface area (Å²) in [6.07, 6.45) is 1.65. The highest BCUT2D eigenvalue weighted by molar-refractivity contribution is 7.84. The van der Waals surface area contributed by atoms with Crippen LogP contribution in [0.3, 0.4) is 0 Å². The van der Waals surface area contributed by atoms with Gasteiger partial charge in [-0.2, -0.15) is 0 Å². The second-order valence-electron chi connectivity index (χ2n) is 6.32. The molecule has 1 atom stereocenters. The van der Waals surface area contributed by atoms with E-state index in [1.807, 2.05) is 13.8 Å². The van der Waals surface area contributed by atoms with Gasteiger partial charge in [0.15, 0.2) is 0 Å². The lowest BCUT2D eigenvalue weighted by molar-refractivity contribution is 0.165. The molecule has 1 aromatic rings. The van der Waals surface area contributed by atoms with Crippen molar-refractivity contribution in [3.05, 3.63) is 24.3 Å². The van der Waals surface area contributed by atoms with Gasteiger partial charge in [0.25, 0.3) is 0 Å². The van der Waals surface area contributed by atoms with Crippen molar-refractivity contribution in [2.24, 2.45) is 0 Å². The van der Waals surface area contributed by atoms with Crippen LogP contribution < -0.4 is 10.1 Å². The number of ether oxygens (including phenoxy) is 1. The molecule has 148 valence electrons. The second kappa shape index (κ2) is 11.9. The largest absolute Gasteiger partial charge is 0.492 e. The molecule has 1 N–H and O–H groups in total. The van der Waals surface area contributed by atoms with E-state index in [4.69, 9.17) is 4.74 Å². The number of hydrogen-bond donors (Lipinski definition) is 1. The molecular weight excluding hydrogens is 350 g/mol. The predicted molar refractivity (Wildman–Crippen MR) is 107 cm³/mol. The van der Waals surface area contributed by atoms with Crippen LogP contribution in [0.25, 0.3) is 0 Å². The van der Waals surface area contributed by atoms with Gasteiger partial charge in [0.2, 0.25) is 0 Å². The third kappa shape index (κ3) is 7.74. The maximum absolute atomic E-state index is 12.4. The first-order valence-corrected chi connectivity index (χ1v) is 10.8. The third-order valence-electron chi connectivity index (χ3n) is 4.24. The van der Waals surface area contributed by atoms with Crippen molar-refractivity contribution in [1.29, 1.82) is 0 Å². The van der Waals surface area contributed by atoms with Gasteiger partial charge in [-0.1, -0.05) is 13.8 Å². The van der Waals surface area contributed by atoms with Crippen LogP contribution in [0.1, 0.15) is 27.7 Å². The van der Waals surface area contributed by atoms with E-state index in [1.165, 1.54) is 0 Å². The van der Waals surface area contributed by atoms with Crippen LogP contribution in [0.4, 0.5) is 4.79 Å². The average molecular weight is 384 g/mol. The fraction of sp³-hybridized carbons (Fsp3) is 0.632. The van der Waals surface area contributed by atoms with E-state index in [1.54, 1.807) is 35.4 Å². The van der Waals surface area contributed by atoms with Crippen molar-refractivity contribution in [3.63, 3.8) is 0 Å². The van der Waals surface area contributed by atoms with Crippen LogP contribution >= 0.6 is 0 Å². The minimum Gasteiger partial charge on any atom is -0.492 e. The Morgan fingerprint density at radius 3 is 2.27 bits per heavy atom. The summed E-state index contributed by atoms with van der Waals surface area (Å²) in [4.78, 5) is 17.2. The summed E-state index contributed by atoms with van der Waals surface area (Å²) in [5.74, 6) is 0.713. The molecule has 0 aliphatic carbocycles. The maximum atomic E-state index is 12.4. The Morgan fingerprint density at radius 2 is 1.77 bits per heavy atom. The Balaban J connectivity index is 2.44. The molecule has 0 aliphatic rings. The molecule has 7 heteroatoms. The molecule has 0 spiro atoms. The Kier molecular flexibility index (Phi) is 10.3. The quantitative estimate of drug-likeness (QED) is 0.638. The molecule has 6 nitrogen and oxygen atoms in total. The topological polar surface area (TPSA) is 61.9 Å². The van der Waals surface area contributed by atoms with Gasteiger partial charge in [-0.05, 0) is 51.2 Å². The van der Waals surface area contributed by atoms with Gasteiger partial charge in [0.1, 0.15) is 12.4 Å². The van der Waals surface area contributed by atoms with Crippen LogP contribution in [0.15, 0.2) is 29.2 Å². The standard InChI is InChI=1S/C19H33N3O3S/c1-6-21(7-2)13-12-20-19(23)22(16(3)4)14-15-25-17-8-10-18(11-9-17)26(5)24/h8-11,16H,6-7,12-15H2,1-5H3,(H,20,23). The van der Waals surface area contributed by atoms with Crippen LogP contribution in [0, 0.1) is 0 Å².